The fourth-order valence-corrected chi connectivity index (χ4v) is 2.52. The van der Waals surface area contributed by atoms with Crippen molar-refractivity contribution in [3.8, 4) is 17.2 Å². The van der Waals surface area contributed by atoms with Crippen LogP contribution in [-0.4, -0.2) is 32.7 Å². The third kappa shape index (κ3) is 3.83. The molecule has 0 aliphatic rings. The first-order valence-electron chi connectivity index (χ1n) is 7.14. The molecule has 0 fully saturated rings. The van der Waals surface area contributed by atoms with Crippen molar-refractivity contribution in [3.05, 3.63) is 48.0 Å². The highest BCUT2D eigenvalue weighted by Crippen LogP contribution is 2.26. The Bertz CT molecular complexity index is 605. The Morgan fingerprint density at radius 2 is 1.41 bits per heavy atom. The van der Waals surface area contributed by atoms with Crippen LogP contribution in [0.1, 0.15) is 19.4 Å². The van der Waals surface area contributed by atoms with E-state index in [4.69, 9.17) is 0 Å². The number of aliphatic hydroxyl groups is 1. The number of benzene rings is 2. The van der Waals surface area contributed by atoms with Crippen molar-refractivity contribution in [2.45, 2.75) is 32.5 Å². The normalized spacial score (nSPS) is 12.4. The van der Waals surface area contributed by atoms with E-state index in [1.165, 1.54) is 18.2 Å². The molecule has 0 saturated carbocycles. The number of phenols is 3. The van der Waals surface area contributed by atoms with Crippen LogP contribution in [0.3, 0.4) is 0 Å². The first-order valence-corrected chi connectivity index (χ1v) is 7.14. The topological polar surface area (TPSA) is 84.2 Å². The average molecular weight is 303 g/mol. The minimum absolute atomic E-state index is 0.0328. The van der Waals surface area contributed by atoms with Crippen LogP contribution in [0.5, 0.6) is 17.2 Å². The van der Waals surface area contributed by atoms with Gasteiger partial charge in [-0.15, -0.1) is 0 Å². The monoisotopic (exact) mass is 303 g/mol. The second-order valence-corrected chi connectivity index (χ2v) is 5.56. The molecule has 0 aromatic heterocycles. The molecular weight excluding hydrogens is 282 g/mol. The summed E-state index contributed by atoms with van der Waals surface area (Å²) in [5.41, 5.74) is 1.42. The summed E-state index contributed by atoms with van der Waals surface area (Å²) in [4.78, 5) is 1.81. The first-order chi connectivity index (χ1) is 10.4. The van der Waals surface area contributed by atoms with Crippen LogP contribution in [0.4, 0.5) is 5.69 Å². The molecule has 5 heteroatoms. The standard InChI is InChI=1S/C17H21NO4/c1-11(2)18(13-3-5-14(19)6-4-13)17(22)9-12-7-15(20)10-16(21)8-12/h3-8,10-11,17,19-22H,9H2,1-2H3. The molecule has 118 valence electrons. The number of phenolic OH excluding ortho intramolecular Hbond substituents is 3. The fraction of sp³-hybridized carbons (Fsp3) is 0.294. The molecule has 1 unspecified atom stereocenters. The molecule has 0 amide bonds. The van der Waals surface area contributed by atoms with E-state index in [9.17, 15) is 20.4 Å². The molecule has 5 nitrogen and oxygen atoms in total. The minimum Gasteiger partial charge on any atom is -0.508 e. The van der Waals surface area contributed by atoms with Crippen molar-refractivity contribution < 1.29 is 20.4 Å². The SMILES string of the molecule is CC(C)N(c1ccc(O)cc1)C(O)Cc1cc(O)cc(O)c1. The van der Waals surface area contributed by atoms with Crippen LogP contribution in [-0.2, 0) is 6.42 Å². The Morgan fingerprint density at radius 3 is 1.91 bits per heavy atom. The van der Waals surface area contributed by atoms with Gasteiger partial charge in [0.25, 0.3) is 0 Å². The summed E-state index contributed by atoms with van der Waals surface area (Å²) in [6, 6.07) is 10.9. The van der Waals surface area contributed by atoms with Gasteiger partial charge in [-0.1, -0.05) is 0 Å². The van der Waals surface area contributed by atoms with Crippen molar-refractivity contribution in [1.29, 1.82) is 0 Å². The molecule has 0 spiro atoms. The van der Waals surface area contributed by atoms with Gasteiger partial charge in [0.2, 0.25) is 0 Å². The lowest BCUT2D eigenvalue weighted by Gasteiger charge is -2.34. The molecule has 0 saturated heterocycles. The predicted molar refractivity (Wildman–Crippen MR) is 85.2 cm³/mol. The summed E-state index contributed by atoms with van der Waals surface area (Å²) < 4.78 is 0. The summed E-state index contributed by atoms with van der Waals surface area (Å²) in [6.45, 7) is 3.91. The Hall–Kier alpha value is -2.40. The van der Waals surface area contributed by atoms with Crippen molar-refractivity contribution in [1.82, 2.24) is 0 Å². The van der Waals surface area contributed by atoms with Gasteiger partial charge in [0.15, 0.2) is 0 Å². The molecule has 0 aliphatic carbocycles. The highest BCUT2D eigenvalue weighted by Gasteiger charge is 2.20. The second-order valence-electron chi connectivity index (χ2n) is 5.56. The summed E-state index contributed by atoms with van der Waals surface area (Å²) in [7, 11) is 0. The van der Waals surface area contributed by atoms with Crippen LogP contribution in [0, 0.1) is 0 Å². The van der Waals surface area contributed by atoms with E-state index in [1.54, 1.807) is 29.2 Å². The largest absolute Gasteiger partial charge is 0.508 e. The van der Waals surface area contributed by atoms with E-state index in [0.29, 0.717) is 5.56 Å². The lowest BCUT2D eigenvalue weighted by Crippen LogP contribution is -2.41. The van der Waals surface area contributed by atoms with Gasteiger partial charge >= 0.3 is 0 Å². The Morgan fingerprint density at radius 1 is 0.864 bits per heavy atom. The van der Waals surface area contributed by atoms with Crippen LogP contribution >= 0.6 is 0 Å². The van der Waals surface area contributed by atoms with Gasteiger partial charge < -0.3 is 25.3 Å². The van der Waals surface area contributed by atoms with Gasteiger partial charge in [-0.25, -0.2) is 0 Å². The summed E-state index contributed by atoms with van der Waals surface area (Å²) in [6.07, 6.45) is -0.577. The molecule has 0 radical (unpaired) electrons. The molecule has 22 heavy (non-hydrogen) atoms. The number of hydrogen-bond donors (Lipinski definition) is 4. The summed E-state index contributed by atoms with van der Waals surface area (Å²) >= 11 is 0. The minimum atomic E-state index is -0.828. The molecule has 2 aromatic rings. The maximum absolute atomic E-state index is 10.5. The fourth-order valence-electron chi connectivity index (χ4n) is 2.52. The first kappa shape index (κ1) is 16.0. The maximum atomic E-state index is 10.5. The van der Waals surface area contributed by atoms with E-state index in [0.717, 1.165) is 5.69 Å². The molecular formula is C17H21NO4. The zero-order chi connectivity index (χ0) is 16.3. The molecule has 0 bridgehead atoms. The van der Waals surface area contributed by atoms with E-state index in [2.05, 4.69) is 0 Å². The van der Waals surface area contributed by atoms with Crippen LogP contribution < -0.4 is 4.90 Å². The van der Waals surface area contributed by atoms with Crippen molar-refractivity contribution in [2.75, 3.05) is 4.90 Å². The van der Waals surface area contributed by atoms with Crippen LogP contribution in [0.15, 0.2) is 42.5 Å². The van der Waals surface area contributed by atoms with Crippen molar-refractivity contribution in [2.24, 2.45) is 0 Å². The Balaban J connectivity index is 2.23. The maximum Gasteiger partial charge on any atom is 0.131 e. The summed E-state index contributed by atoms with van der Waals surface area (Å²) in [5, 5.41) is 39.0. The number of anilines is 1. The van der Waals surface area contributed by atoms with Gasteiger partial charge in [-0.05, 0) is 55.8 Å². The number of rotatable bonds is 5. The van der Waals surface area contributed by atoms with Gasteiger partial charge in [-0.3, -0.25) is 0 Å². The van der Waals surface area contributed by atoms with Gasteiger partial charge in [0.05, 0.1) is 0 Å². The third-order valence-electron chi connectivity index (χ3n) is 3.41. The molecule has 2 aromatic carbocycles. The smallest absolute Gasteiger partial charge is 0.131 e. The number of aliphatic hydroxyl groups excluding tert-OH is 1. The Labute approximate surface area is 129 Å². The highest BCUT2D eigenvalue weighted by atomic mass is 16.3. The molecule has 0 aliphatic heterocycles. The number of aromatic hydroxyl groups is 3. The van der Waals surface area contributed by atoms with Gasteiger partial charge in [0, 0.05) is 24.2 Å². The Kier molecular flexibility index (Phi) is 4.78. The van der Waals surface area contributed by atoms with E-state index in [-0.39, 0.29) is 29.7 Å². The van der Waals surface area contributed by atoms with E-state index >= 15 is 0 Å². The molecule has 1 atom stereocenters. The molecule has 2 rings (SSSR count). The van der Waals surface area contributed by atoms with Crippen molar-refractivity contribution in [3.63, 3.8) is 0 Å². The zero-order valence-corrected chi connectivity index (χ0v) is 12.6. The number of nitrogens with zero attached hydrogens (tertiary/aromatic N) is 1. The lowest BCUT2D eigenvalue weighted by molar-refractivity contribution is 0.161. The third-order valence-corrected chi connectivity index (χ3v) is 3.41. The van der Waals surface area contributed by atoms with Gasteiger partial charge in [-0.2, -0.15) is 0 Å². The second kappa shape index (κ2) is 6.58. The zero-order valence-electron chi connectivity index (χ0n) is 12.6. The quantitative estimate of drug-likeness (QED) is 0.638. The number of hydrogen-bond acceptors (Lipinski definition) is 5. The summed E-state index contributed by atoms with van der Waals surface area (Å²) in [5.74, 6) is 0.0886. The van der Waals surface area contributed by atoms with E-state index < -0.39 is 6.23 Å². The lowest BCUT2D eigenvalue weighted by atomic mass is 10.1. The van der Waals surface area contributed by atoms with Crippen LogP contribution in [0.2, 0.25) is 0 Å². The van der Waals surface area contributed by atoms with Crippen LogP contribution in [0.25, 0.3) is 0 Å². The van der Waals surface area contributed by atoms with Crippen molar-refractivity contribution >= 4 is 5.69 Å². The average Bonchev–Trinajstić information content (AvgIpc) is 2.39. The highest BCUT2D eigenvalue weighted by molar-refractivity contribution is 5.50. The predicted octanol–water partition coefficient (Wildman–Crippen LogP) is 2.58. The van der Waals surface area contributed by atoms with Gasteiger partial charge in [0.1, 0.15) is 23.5 Å². The molecule has 0 heterocycles. The van der Waals surface area contributed by atoms with E-state index in [1.807, 2.05) is 13.8 Å². The molecule has 4 N–H and O–H groups in total.